The minimum Gasteiger partial charge on any atom is -0.756 e. The van der Waals surface area contributed by atoms with Crippen molar-refractivity contribution < 1.29 is 42.1 Å². The number of phosphoric acid groups is 1. The molecule has 82 heavy (non-hydrogen) atoms. The highest BCUT2D eigenvalue weighted by Gasteiger charge is 2.22. The summed E-state index contributed by atoms with van der Waals surface area (Å²) in [5.41, 5.74) is 0. The second kappa shape index (κ2) is 62.7. The van der Waals surface area contributed by atoms with Crippen molar-refractivity contribution in [3.63, 3.8) is 0 Å². The fourth-order valence-electron chi connectivity index (χ4n) is 9.70. The van der Waals surface area contributed by atoms with Crippen LogP contribution in [0.2, 0.25) is 0 Å². The molecule has 0 aliphatic rings. The molecule has 476 valence electrons. The molecule has 0 fully saturated rings. The number of hydrogen-bond donors (Lipinski definition) is 0. The summed E-state index contributed by atoms with van der Waals surface area (Å²) >= 11 is 0. The fourth-order valence-corrected chi connectivity index (χ4v) is 10.4. The van der Waals surface area contributed by atoms with Crippen LogP contribution in [-0.4, -0.2) is 70.0 Å². The number of esters is 2. The van der Waals surface area contributed by atoms with E-state index in [1.54, 1.807) is 0 Å². The quantitative estimate of drug-likeness (QED) is 0.0195. The van der Waals surface area contributed by atoms with Crippen molar-refractivity contribution in [3.8, 4) is 0 Å². The molecule has 0 saturated carbocycles. The third-order valence-corrected chi connectivity index (χ3v) is 15.9. The molecule has 0 amide bonds. The molecule has 10 heteroatoms. The topological polar surface area (TPSA) is 111 Å². The Morgan fingerprint density at radius 2 is 0.695 bits per heavy atom. The molecule has 0 aromatic carbocycles. The van der Waals surface area contributed by atoms with Crippen LogP contribution in [0, 0.1) is 0 Å². The maximum atomic E-state index is 12.8. The van der Waals surface area contributed by atoms with Crippen LogP contribution in [0.5, 0.6) is 0 Å². The number of hydrogen-bond acceptors (Lipinski definition) is 8. The van der Waals surface area contributed by atoms with E-state index in [1.807, 2.05) is 21.1 Å². The van der Waals surface area contributed by atoms with Crippen LogP contribution in [0.1, 0.15) is 309 Å². The van der Waals surface area contributed by atoms with Crippen molar-refractivity contribution in [2.75, 3.05) is 47.5 Å². The minimum absolute atomic E-state index is 0.0405. The first kappa shape index (κ1) is 79.2. The highest BCUT2D eigenvalue weighted by atomic mass is 31.2. The third kappa shape index (κ3) is 66.3. The summed E-state index contributed by atoms with van der Waals surface area (Å²) in [4.78, 5) is 38.0. The molecule has 0 rings (SSSR count). The van der Waals surface area contributed by atoms with Gasteiger partial charge in [0, 0.05) is 12.8 Å². The number of rotatable bonds is 63. The van der Waals surface area contributed by atoms with E-state index in [9.17, 15) is 19.0 Å². The second-order valence-corrected chi connectivity index (χ2v) is 25.6. The van der Waals surface area contributed by atoms with E-state index >= 15 is 0 Å². The van der Waals surface area contributed by atoms with E-state index in [4.69, 9.17) is 18.5 Å². The van der Waals surface area contributed by atoms with Crippen LogP contribution in [0.3, 0.4) is 0 Å². The Kier molecular flexibility index (Phi) is 60.6. The minimum atomic E-state index is -4.65. The molecule has 0 N–H and O–H groups in total. The molecule has 0 aliphatic heterocycles. The summed E-state index contributed by atoms with van der Waals surface area (Å²) in [5, 5.41) is 0. The van der Waals surface area contributed by atoms with Crippen molar-refractivity contribution in [2.45, 2.75) is 315 Å². The van der Waals surface area contributed by atoms with Gasteiger partial charge in [0.25, 0.3) is 7.82 Å². The van der Waals surface area contributed by atoms with Gasteiger partial charge in [0.2, 0.25) is 0 Å². The number of phosphoric ester groups is 1. The molecule has 2 unspecified atom stereocenters. The van der Waals surface area contributed by atoms with Gasteiger partial charge in [-0.15, -0.1) is 0 Å². The van der Waals surface area contributed by atoms with Gasteiger partial charge in [-0.05, 0) is 70.6 Å². The zero-order valence-corrected chi connectivity index (χ0v) is 55.1. The molecule has 0 bridgehead atoms. The fraction of sp³-hybridized carbons (Fsp3) is 0.778. The Morgan fingerprint density at radius 3 is 1.04 bits per heavy atom. The number of ether oxygens (including phenoxy) is 2. The molecular formula is C72H130NO8P. The Labute approximate surface area is 507 Å². The van der Waals surface area contributed by atoms with Crippen LogP contribution in [0.25, 0.3) is 0 Å². The third-order valence-electron chi connectivity index (χ3n) is 14.9. The first-order valence-corrected chi connectivity index (χ1v) is 35.8. The van der Waals surface area contributed by atoms with Crippen LogP contribution in [-0.2, 0) is 32.7 Å². The second-order valence-electron chi connectivity index (χ2n) is 24.2. The number of quaternary nitrogens is 1. The summed E-state index contributed by atoms with van der Waals surface area (Å²) in [7, 11) is 1.14. The van der Waals surface area contributed by atoms with Crippen molar-refractivity contribution in [1.82, 2.24) is 0 Å². The van der Waals surface area contributed by atoms with Crippen molar-refractivity contribution in [3.05, 3.63) is 85.1 Å². The average Bonchev–Trinajstić information content (AvgIpc) is 3.46. The van der Waals surface area contributed by atoms with E-state index < -0.39 is 26.5 Å². The Hall–Kier alpha value is -2.81. The number of nitrogens with zero attached hydrogens (tertiary/aromatic N) is 1. The van der Waals surface area contributed by atoms with Gasteiger partial charge >= 0.3 is 11.9 Å². The monoisotopic (exact) mass is 1170 g/mol. The number of allylic oxidation sites excluding steroid dienone is 14. The van der Waals surface area contributed by atoms with Crippen LogP contribution in [0.4, 0.5) is 0 Å². The van der Waals surface area contributed by atoms with Crippen molar-refractivity contribution in [1.29, 1.82) is 0 Å². The molecule has 0 radical (unpaired) electrons. The molecular weight excluding hydrogens is 1040 g/mol. The number of carbonyl (C=O) groups excluding carboxylic acids is 2. The maximum absolute atomic E-state index is 12.8. The van der Waals surface area contributed by atoms with Crippen LogP contribution in [0.15, 0.2) is 85.1 Å². The Balaban J connectivity index is 4.07. The van der Waals surface area contributed by atoms with Gasteiger partial charge in [0.05, 0.1) is 27.7 Å². The first-order chi connectivity index (χ1) is 40.0. The van der Waals surface area contributed by atoms with Crippen molar-refractivity contribution >= 4 is 19.8 Å². The standard InChI is InChI=1S/C72H130NO8P/c1-6-8-10-12-14-16-18-20-22-24-26-28-30-32-33-34-35-36-37-38-39-41-42-44-46-48-50-52-54-56-58-60-62-64-71(74)78-68-70(69-80-82(76,77)79-67-66-73(3,4)5)81-72(75)65-63-61-59-57-55-53-51-49-47-45-43-40-31-29-27-25-23-21-19-17-15-13-11-9-7-2/h9,11,15,17,21,23,27,29,40,43,47,49,53,55,70H,6-8,10,12-14,16,18-20,22,24-26,28,30-39,41-42,44-46,48,50-52,54,56-69H2,1-5H3/b11-9-,17-15-,23-21-,29-27-,43-40-,49-47-,55-53-. The summed E-state index contributed by atoms with van der Waals surface area (Å²) in [6.45, 7) is 4.12. The van der Waals surface area contributed by atoms with E-state index in [0.29, 0.717) is 17.4 Å². The van der Waals surface area contributed by atoms with Gasteiger partial charge < -0.3 is 27.9 Å². The largest absolute Gasteiger partial charge is 0.756 e. The molecule has 9 nitrogen and oxygen atoms in total. The van der Waals surface area contributed by atoms with Gasteiger partial charge in [-0.3, -0.25) is 14.2 Å². The number of unbranched alkanes of at least 4 members (excludes halogenated alkanes) is 35. The number of likely N-dealkylation sites (N-methyl/N-ethyl adjacent to an activating group) is 1. The van der Waals surface area contributed by atoms with Gasteiger partial charge in [-0.1, -0.05) is 311 Å². The summed E-state index contributed by atoms with van der Waals surface area (Å²) in [6.07, 6.45) is 85.3. The van der Waals surface area contributed by atoms with E-state index in [1.165, 1.54) is 193 Å². The SMILES string of the molecule is CC/C=C\C/C=C\C/C=C\C/C=C\C/C=C\C/C=C\C/C=C\CCCCCC(=O)OC(COC(=O)CCCCCCCCCCCCCCCCCCCCCCCCCCCCCCCCCCC)COP(=O)([O-])OCC[N+](C)(C)C. The molecule has 0 heterocycles. The lowest BCUT2D eigenvalue weighted by molar-refractivity contribution is -0.870. The molecule has 0 aromatic rings. The zero-order valence-electron chi connectivity index (χ0n) is 54.2. The average molecular weight is 1170 g/mol. The number of carbonyl (C=O) groups is 2. The molecule has 0 aromatic heterocycles. The summed E-state index contributed by atoms with van der Waals surface area (Å²) in [5.74, 6) is -0.865. The molecule has 0 aliphatic carbocycles. The summed E-state index contributed by atoms with van der Waals surface area (Å²) < 4.78 is 34.2. The van der Waals surface area contributed by atoms with Crippen molar-refractivity contribution in [2.24, 2.45) is 0 Å². The smallest absolute Gasteiger partial charge is 0.306 e. The van der Waals surface area contributed by atoms with E-state index in [2.05, 4.69) is 98.9 Å². The lowest BCUT2D eigenvalue weighted by Crippen LogP contribution is -2.37. The van der Waals surface area contributed by atoms with Crippen LogP contribution >= 0.6 is 7.82 Å². The lowest BCUT2D eigenvalue weighted by Gasteiger charge is -2.28. The highest BCUT2D eigenvalue weighted by Crippen LogP contribution is 2.38. The molecule has 0 spiro atoms. The first-order valence-electron chi connectivity index (χ1n) is 34.3. The Bertz CT molecular complexity index is 1660. The van der Waals surface area contributed by atoms with Gasteiger partial charge in [-0.2, -0.15) is 0 Å². The predicted octanol–water partition coefficient (Wildman–Crippen LogP) is 21.5. The van der Waals surface area contributed by atoms with Gasteiger partial charge in [-0.25, -0.2) is 0 Å². The highest BCUT2D eigenvalue weighted by molar-refractivity contribution is 7.45. The van der Waals surface area contributed by atoms with E-state index in [-0.39, 0.29) is 32.0 Å². The zero-order chi connectivity index (χ0) is 59.8. The Morgan fingerprint density at radius 1 is 0.390 bits per heavy atom. The lowest BCUT2D eigenvalue weighted by atomic mass is 10.0. The maximum Gasteiger partial charge on any atom is 0.306 e. The van der Waals surface area contributed by atoms with E-state index in [0.717, 1.165) is 83.5 Å². The predicted molar refractivity (Wildman–Crippen MR) is 351 cm³/mol. The molecule has 2 atom stereocenters. The molecule has 0 saturated heterocycles. The normalized spacial score (nSPS) is 13.7. The van der Waals surface area contributed by atoms with Crippen LogP contribution < -0.4 is 4.89 Å². The van der Waals surface area contributed by atoms with Gasteiger partial charge in [0.1, 0.15) is 19.8 Å². The van der Waals surface area contributed by atoms with Gasteiger partial charge in [0.15, 0.2) is 6.10 Å². The summed E-state index contributed by atoms with van der Waals surface area (Å²) in [6, 6.07) is 0.